The van der Waals surface area contributed by atoms with Gasteiger partial charge in [0.25, 0.3) is 11.4 Å². The van der Waals surface area contributed by atoms with Gasteiger partial charge in [0.15, 0.2) is 17.2 Å². The van der Waals surface area contributed by atoms with Crippen molar-refractivity contribution >= 4 is 87.9 Å². The van der Waals surface area contributed by atoms with Gasteiger partial charge < -0.3 is 35.9 Å². The third-order valence-electron chi connectivity index (χ3n) is 6.96. The molecule has 0 saturated carbocycles. The molecule has 0 bridgehead atoms. The average Bonchev–Trinajstić information content (AvgIpc) is 3.05. The predicted molar refractivity (Wildman–Crippen MR) is 179 cm³/mol. The van der Waals surface area contributed by atoms with Crippen LogP contribution in [-0.4, -0.2) is 51.1 Å². The minimum absolute atomic E-state index is 0. The van der Waals surface area contributed by atoms with E-state index >= 15 is 0 Å². The van der Waals surface area contributed by atoms with Gasteiger partial charge in [-0.1, -0.05) is 0 Å². The van der Waals surface area contributed by atoms with E-state index in [1.807, 2.05) is 0 Å². The summed E-state index contributed by atoms with van der Waals surface area (Å²) in [6.45, 7) is 0. The topological polar surface area (TPSA) is 388 Å². The molecular weight excluding hydrogens is 794 g/mol. The number of hydrogen-bond donors (Lipinski definition) is 5. The number of hydrogen-bond acceptors (Lipinski definition) is 21. The van der Waals surface area contributed by atoms with Crippen LogP contribution in [-0.2, 0) is 20.2 Å². The molecule has 5 aromatic rings. The van der Waals surface area contributed by atoms with Crippen molar-refractivity contribution in [3.8, 4) is 17.2 Å². The van der Waals surface area contributed by atoms with E-state index in [1.54, 1.807) is 0 Å². The molecule has 272 valence electrons. The van der Waals surface area contributed by atoms with E-state index in [1.165, 1.54) is 0 Å². The first-order chi connectivity index (χ1) is 24.7. The third kappa shape index (κ3) is 9.91. The quantitative estimate of drug-likeness (QED) is 0.0309. The smallest absolute Gasteiger partial charge is 0.744 e. The molecule has 0 radical (unpaired) electrons. The van der Waals surface area contributed by atoms with Gasteiger partial charge in [0, 0.05) is 18.2 Å². The summed E-state index contributed by atoms with van der Waals surface area (Å²) in [5, 5.41) is 76.9. The molecule has 23 nitrogen and oxygen atoms in total. The molecule has 0 spiro atoms. The average molecular weight is 813 g/mol. The second-order valence-corrected chi connectivity index (χ2v) is 13.2. The molecule has 55 heavy (non-hydrogen) atoms. The first-order valence-electron chi connectivity index (χ1n) is 13.9. The van der Waals surface area contributed by atoms with Gasteiger partial charge in [-0.2, -0.15) is 10.2 Å². The number of benzene rings is 5. The maximum Gasteiger partial charge on any atom is 1.00 e. The zero-order valence-corrected chi connectivity index (χ0v) is 33.5. The van der Waals surface area contributed by atoms with Crippen LogP contribution in [0, 0.1) is 20.2 Å². The Morgan fingerprint density at radius 3 is 1.42 bits per heavy atom. The van der Waals surface area contributed by atoms with Crippen LogP contribution >= 0.6 is 0 Å². The molecule has 7 N–H and O–H groups in total. The number of aromatic hydroxyl groups is 3. The van der Waals surface area contributed by atoms with E-state index in [4.69, 9.17) is 11.5 Å². The first kappa shape index (κ1) is 44.2. The summed E-state index contributed by atoms with van der Waals surface area (Å²) in [5.41, 5.74) is 7.25. The Kier molecular flexibility index (Phi) is 13.7. The van der Waals surface area contributed by atoms with Gasteiger partial charge in [0.05, 0.1) is 42.1 Å². The summed E-state index contributed by atoms with van der Waals surface area (Å²) in [7, 11) is -10.4. The minimum atomic E-state index is -5.27. The molecule has 0 aliphatic rings. The van der Waals surface area contributed by atoms with Gasteiger partial charge in [-0.15, -0.1) is 20.5 Å². The van der Waals surface area contributed by atoms with Crippen molar-refractivity contribution < 1.29 is 110 Å². The number of nitrogens with two attached hydrogens (primary N) is 2. The number of nitro groups is 2. The Balaban J connectivity index is 0.00000406. The normalized spacial score (nSPS) is 11.9. The fourth-order valence-electron chi connectivity index (χ4n) is 4.52. The van der Waals surface area contributed by atoms with Crippen molar-refractivity contribution in [2.75, 3.05) is 11.5 Å². The van der Waals surface area contributed by atoms with Crippen LogP contribution in [0.4, 0.5) is 56.9 Å². The van der Waals surface area contributed by atoms with Crippen molar-refractivity contribution in [2.24, 2.45) is 30.7 Å². The molecule has 27 heteroatoms. The monoisotopic (exact) mass is 812 g/mol. The fourth-order valence-corrected chi connectivity index (χ4v) is 5.57. The minimum Gasteiger partial charge on any atom is -0.744 e. The van der Waals surface area contributed by atoms with Gasteiger partial charge in [-0.3, -0.25) is 20.2 Å². The van der Waals surface area contributed by atoms with Crippen LogP contribution in [0.25, 0.3) is 10.8 Å². The summed E-state index contributed by atoms with van der Waals surface area (Å²) in [6.07, 6.45) is 0. The Labute approximate surface area is 351 Å². The van der Waals surface area contributed by atoms with Crippen LogP contribution < -0.4 is 70.6 Å². The summed E-state index contributed by atoms with van der Waals surface area (Å²) >= 11 is 0. The molecule has 0 aliphatic carbocycles. The Hall–Kier alpha value is -5.22. The Morgan fingerprint density at radius 1 is 0.564 bits per heavy atom. The number of phenolic OH excluding ortho intramolecular Hbond substituents is 3. The Bertz CT molecular complexity index is 2710. The number of nitro benzene ring substituents is 2. The summed E-state index contributed by atoms with van der Waals surface area (Å²) in [5.74, 6) is -2.76. The van der Waals surface area contributed by atoms with Gasteiger partial charge >= 0.3 is 59.1 Å². The van der Waals surface area contributed by atoms with Crippen molar-refractivity contribution in [3.05, 3.63) is 87.0 Å². The number of nitrogen functional groups attached to an aromatic ring is 2. The molecule has 0 saturated heterocycles. The predicted octanol–water partition coefficient (Wildman–Crippen LogP) is -0.000200. The molecule has 0 unspecified atom stereocenters. The van der Waals surface area contributed by atoms with Crippen LogP contribution in [0.15, 0.2) is 107 Å². The van der Waals surface area contributed by atoms with Crippen molar-refractivity contribution in [2.45, 2.75) is 9.79 Å². The number of phenols is 3. The SMILES string of the molecule is Nc1cc(N=Nc2cc(N=Nc3cc(S(=O)(=O)[O-])cc4cc(S(=O)(=O)[O-])cc(O)c34)c(O)c(N=Nc3ccc([N+](=O)[O-])c(N)c3)c2O)ccc1[N+](=O)[O-].[Na+].[Na+]. The van der Waals surface area contributed by atoms with Gasteiger partial charge in [0.2, 0.25) is 0 Å². The molecule has 0 fully saturated rings. The third-order valence-corrected chi connectivity index (χ3v) is 8.58. The van der Waals surface area contributed by atoms with Crippen LogP contribution in [0.3, 0.4) is 0 Å². The van der Waals surface area contributed by atoms with Gasteiger partial charge in [0.1, 0.15) is 48.7 Å². The second kappa shape index (κ2) is 17.1. The molecule has 0 heterocycles. The van der Waals surface area contributed by atoms with Crippen molar-refractivity contribution in [1.82, 2.24) is 0 Å². The summed E-state index contributed by atoms with van der Waals surface area (Å²) in [6, 6.07) is 9.88. The molecule has 5 rings (SSSR count). The fraction of sp³-hybridized carbons (Fsp3) is 0. The summed E-state index contributed by atoms with van der Waals surface area (Å²) in [4.78, 5) is 18.8. The van der Waals surface area contributed by atoms with E-state index in [0.717, 1.165) is 42.5 Å². The van der Waals surface area contributed by atoms with Crippen LogP contribution in [0.5, 0.6) is 17.2 Å². The molecule has 0 aliphatic heterocycles. The van der Waals surface area contributed by atoms with E-state index in [2.05, 4.69) is 30.7 Å². The summed E-state index contributed by atoms with van der Waals surface area (Å²) < 4.78 is 70.5. The molecule has 0 amide bonds. The van der Waals surface area contributed by atoms with Gasteiger partial charge in [-0.05, 0) is 53.9 Å². The van der Waals surface area contributed by atoms with E-state index in [0.29, 0.717) is 24.3 Å². The molecule has 5 aromatic carbocycles. The maximum atomic E-state index is 11.9. The zero-order chi connectivity index (χ0) is 39.0. The number of rotatable bonds is 10. The molecular formula is C28H18N10Na2O13S2. The zero-order valence-electron chi connectivity index (χ0n) is 27.8. The van der Waals surface area contributed by atoms with Gasteiger partial charge in [-0.25, -0.2) is 16.8 Å². The number of nitrogens with zero attached hydrogens (tertiary/aromatic N) is 8. The van der Waals surface area contributed by atoms with Crippen molar-refractivity contribution in [1.29, 1.82) is 0 Å². The van der Waals surface area contributed by atoms with E-state index in [-0.39, 0.29) is 81.9 Å². The van der Waals surface area contributed by atoms with E-state index in [9.17, 15) is 61.5 Å². The second-order valence-electron chi connectivity index (χ2n) is 10.5. The number of fused-ring (bicyclic) bond motifs is 1. The first-order valence-corrected chi connectivity index (χ1v) is 16.7. The van der Waals surface area contributed by atoms with E-state index < -0.39 is 102 Å². The van der Waals surface area contributed by atoms with Crippen LogP contribution in [0.1, 0.15) is 0 Å². The maximum absolute atomic E-state index is 11.9. The number of azo groups is 3. The van der Waals surface area contributed by atoms with Crippen molar-refractivity contribution in [3.63, 3.8) is 0 Å². The molecule has 0 atom stereocenters. The molecule has 0 aromatic heterocycles. The standard InChI is InChI=1S/C28H20N10O13S2.2Na/c29-17-7-13(1-3-22(17)37(42)43)31-34-20-11-21(28(41)26(27(20)40)36-32-14-2-4-23(38(44)45)18(30)8-14)35-33-19-9-15(52(46,47)48)5-12-6-16(53(49,50)51)10-24(39)25(12)19;;/h1-11,39-41H,29-30H2,(H,46,47,48)(H,49,50,51);;/q;2*+1/p-2. The number of anilines is 2. The largest absolute Gasteiger partial charge is 1.00 e. The Morgan fingerprint density at radius 2 is 0.982 bits per heavy atom. The van der Waals surface area contributed by atoms with Crippen LogP contribution in [0.2, 0.25) is 0 Å².